The van der Waals surface area contributed by atoms with Crippen LogP contribution in [0.3, 0.4) is 0 Å². The molecule has 5 rings (SSSR count). The summed E-state index contributed by atoms with van der Waals surface area (Å²) in [7, 11) is 0. The second kappa shape index (κ2) is 9.96. The van der Waals surface area contributed by atoms with Crippen LogP contribution in [0, 0.1) is 0 Å². The van der Waals surface area contributed by atoms with Gasteiger partial charge in [-0.15, -0.1) is 10.2 Å². The third kappa shape index (κ3) is 5.22. The fraction of sp³-hybridized carbons (Fsp3) is 0.120. The van der Waals surface area contributed by atoms with Crippen molar-refractivity contribution in [2.75, 3.05) is 0 Å². The molecule has 174 valence electrons. The molecule has 0 radical (unpaired) electrons. The number of nitrogens with zero attached hydrogens (tertiary/aromatic N) is 6. The molecular weight excluding hydrogens is 444 g/mol. The van der Waals surface area contributed by atoms with Gasteiger partial charge in [0.15, 0.2) is 0 Å². The van der Waals surface area contributed by atoms with Gasteiger partial charge in [-0.1, -0.05) is 54.6 Å². The number of tetrazole rings is 1. The molecular formula is C25H22N8O2. The number of carbonyl (C=O) groups is 2. The van der Waals surface area contributed by atoms with Crippen molar-refractivity contribution in [2.45, 2.75) is 19.5 Å². The quantitative estimate of drug-likeness (QED) is 0.356. The van der Waals surface area contributed by atoms with E-state index >= 15 is 0 Å². The van der Waals surface area contributed by atoms with Gasteiger partial charge in [-0.2, -0.15) is 4.80 Å². The van der Waals surface area contributed by atoms with Gasteiger partial charge >= 0.3 is 0 Å². The summed E-state index contributed by atoms with van der Waals surface area (Å²) in [5.41, 5.74) is 8.98. The summed E-state index contributed by atoms with van der Waals surface area (Å²) in [5.74, 6) is -0.138. The lowest BCUT2D eigenvalue weighted by molar-refractivity contribution is -0.122. The van der Waals surface area contributed by atoms with Crippen molar-refractivity contribution >= 4 is 22.8 Å². The summed E-state index contributed by atoms with van der Waals surface area (Å²) in [6.45, 7) is 0.876. The van der Waals surface area contributed by atoms with E-state index in [0.717, 1.165) is 22.2 Å². The molecule has 10 heteroatoms. The van der Waals surface area contributed by atoms with E-state index in [1.54, 1.807) is 18.5 Å². The summed E-state index contributed by atoms with van der Waals surface area (Å²) in [4.78, 5) is 30.4. The van der Waals surface area contributed by atoms with Gasteiger partial charge in [-0.25, -0.2) is 4.98 Å². The predicted octanol–water partition coefficient (Wildman–Crippen LogP) is 2.59. The Morgan fingerprint density at radius 2 is 1.63 bits per heavy atom. The van der Waals surface area contributed by atoms with Crippen LogP contribution in [0.25, 0.3) is 22.4 Å². The Labute approximate surface area is 200 Å². The van der Waals surface area contributed by atoms with Crippen LogP contribution in [0.2, 0.25) is 0 Å². The maximum Gasteiger partial charge on any atom is 0.269 e. The van der Waals surface area contributed by atoms with E-state index in [0.29, 0.717) is 24.5 Å². The number of para-hydroxylation sites is 2. The fourth-order valence-corrected chi connectivity index (χ4v) is 3.61. The Balaban J connectivity index is 1.11. The first-order valence-electron chi connectivity index (χ1n) is 11.1. The molecule has 0 spiro atoms. The minimum absolute atomic E-state index is 0.204. The van der Waals surface area contributed by atoms with Crippen molar-refractivity contribution < 1.29 is 9.59 Å². The van der Waals surface area contributed by atoms with Gasteiger partial charge in [0.2, 0.25) is 11.7 Å². The van der Waals surface area contributed by atoms with E-state index in [9.17, 15) is 9.59 Å². The molecule has 5 aromatic rings. The molecule has 0 aliphatic heterocycles. The lowest BCUT2D eigenvalue weighted by Gasteiger charge is -2.09. The SMILES string of the molecule is O=C(CCn1cnc2ccccc21)NNC(=O)c1ccc(Cn2nnc(-c3ccccc3)n2)cc1. The Hall–Kier alpha value is -4.86. The van der Waals surface area contributed by atoms with Crippen LogP contribution in [0.4, 0.5) is 0 Å². The number of hydrogen-bond acceptors (Lipinski definition) is 6. The highest BCUT2D eigenvalue weighted by Gasteiger charge is 2.10. The first-order valence-corrected chi connectivity index (χ1v) is 11.1. The molecule has 3 aromatic carbocycles. The van der Waals surface area contributed by atoms with Gasteiger partial charge in [-0.05, 0) is 35.0 Å². The summed E-state index contributed by atoms with van der Waals surface area (Å²) >= 11 is 0. The number of amides is 2. The monoisotopic (exact) mass is 466 g/mol. The van der Waals surface area contributed by atoms with Gasteiger partial charge in [0.05, 0.1) is 23.9 Å². The lowest BCUT2D eigenvalue weighted by Crippen LogP contribution is -2.41. The smallest absolute Gasteiger partial charge is 0.269 e. The van der Waals surface area contributed by atoms with Crippen LogP contribution in [-0.2, 0) is 17.9 Å². The van der Waals surface area contributed by atoms with Crippen LogP contribution in [0.1, 0.15) is 22.3 Å². The predicted molar refractivity (Wildman–Crippen MR) is 129 cm³/mol. The van der Waals surface area contributed by atoms with Crippen LogP contribution in [0.15, 0.2) is 85.2 Å². The van der Waals surface area contributed by atoms with Gasteiger partial charge < -0.3 is 4.57 Å². The molecule has 10 nitrogen and oxygen atoms in total. The lowest BCUT2D eigenvalue weighted by atomic mass is 10.1. The van der Waals surface area contributed by atoms with E-state index in [1.165, 1.54) is 4.80 Å². The fourth-order valence-electron chi connectivity index (χ4n) is 3.61. The zero-order valence-corrected chi connectivity index (χ0v) is 18.7. The van der Waals surface area contributed by atoms with Crippen LogP contribution >= 0.6 is 0 Å². The third-order valence-corrected chi connectivity index (χ3v) is 5.45. The second-order valence-corrected chi connectivity index (χ2v) is 7.89. The van der Waals surface area contributed by atoms with Crippen molar-refractivity contribution in [3.8, 4) is 11.4 Å². The summed E-state index contributed by atoms with van der Waals surface area (Å²) in [6.07, 6.45) is 1.91. The largest absolute Gasteiger partial charge is 0.330 e. The molecule has 2 amide bonds. The molecule has 0 saturated heterocycles. The second-order valence-electron chi connectivity index (χ2n) is 7.89. The number of hydrazine groups is 1. The van der Waals surface area contributed by atoms with Crippen LogP contribution in [-0.4, -0.2) is 41.6 Å². The van der Waals surface area contributed by atoms with Gasteiger partial charge in [-0.3, -0.25) is 20.4 Å². The zero-order chi connectivity index (χ0) is 24.0. The standard InChI is InChI=1S/C25H22N8O2/c34-23(14-15-32-17-26-21-8-4-5-9-22(21)32)27-29-25(35)20-12-10-18(11-13-20)16-33-30-24(28-31-33)19-6-2-1-3-7-19/h1-13,17H,14-16H2,(H,27,34)(H,29,35). The highest BCUT2D eigenvalue weighted by Crippen LogP contribution is 2.13. The Morgan fingerprint density at radius 1 is 0.857 bits per heavy atom. The van der Waals surface area contributed by atoms with E-state index in [1.807, 2.05) is 71.3 Å². The Kier molecular flexibility index (Phi) is 6.25. The van der Waals surface area contributed by atoms with Gasteiger partial charge in [0.25, 0.3) is 5.91 Å². The minimum atomic E-state index is -0.400. The number of benzene rings is 3. The van der Waals surface area contributed by atoms with Crippen molar-refractivity contribution in [1.29, 1.82) is 0 Å². The molecule has 0 aliphatic carbocycles. The van der Waals surface area contributed by atoms with E-state index in [4.69, 9.17) is 0 Å². The van der Waals surface area contributed by atoms with E-state index < -0.39 is 5.91 Å². The van der Waals surface area contributed by atoms with E-state index in [2.05, 4.69) is 31.2 Å². The van der Waals surface area contributed by atoms with Crippen molar-refractivity contribution in [2.24, 2.45) is 0 Å². The normalized spacial score (nSPS) is 10.9. The number of aromatic nitrogens is 6. The minimum Gasteiger partial charge on any atom is -0.330 e. The number of fused-ring (bicyclic) bond motifs is 1. The molecule has 0 fully saturated rings. The Morgan fingerprint density at radius 3 is 2.46 bits per heavy atom. The van der Waals surface area contributed by atoms with Gasteiger partial charge in [0, 0.05) is 24.1 Å². The first-order chi connectivity index (χ1) is 17.2. The summed E-state index contributed by atoms with van der Waals surface area (Å²) < 4.78 is 1.91. The molecule has 0 bridgehead atoms. The topological polar surface area (TPSA) is 120 Å². The maximum absolute atomic E-state index is 12.4. The van der Waals surface area contributed by atoms with Crippen LogP contribution < -0.4 is 10.9 Å². The number of imidazole rings is 1. The molecule has 0 aliphatic rings. The zero-order valence-electron chi connectivity index (χ0n) is 18.7. The average Bonchev–Trinajstić information content (AvgIpc) is 3.54. The molecule has 2 aromatic heterocycles. The highest BCUT2D eigenvalue weighted by molar-refractivity contribution is 5.95. The molecule has 0 atom stereocenters. The van der Waals surface area contributed by atoms with Gasteiger partial charge in [0.1, 0.15) is 0 Å². The van der Waals surface area contributed by atoms with Crippen molar-refractivity contribution in [3.63, 3.8) is 0 Å². The molecule has 0 unspecified atom stereocenters. The van der Waals surface area contributed by atoms with E-state index in [-0.39, 0.29) is 12.3 Å². The summed E-state index contributed by atoms with van der Waals surface area (Å²) in [6, 6.07) is 24.3. The number of rotatable bonds is 7. The van der Waals surface area contributed by atoms with Crippen LogP contribution in [0.5, 0.6) is 0 Å². The molecule has 2 N–H and O–H groups in total. The number of hydrogen-bond donors (Lipinski definition) is 2. The maximum atomic E-state index is 12.4. The average molecular weight is 467 g/mol. The first kappa shape index (κ1) is 22.0. The summed E-state index contributed by atoms with van der Waals surface area (Å²) in [5, 5.41) is 12.6. The third-order valence-electron chi connectivity index (χ3n) is 5.45. The molecule has 0 saturated carbocycles. The number of aryl methyl sites for hydroxylation is 1. The highest BCUT2D eigenvalue weighted by atomic mass is 16.2. The number of nitrogens with one attached hydrogen (secondary N) is 2. The van der Waals surface area contributed by atoms with Crippen molar-refractivity contribution in [1.82, 2.24) is 40.6 Å². The Bertz CT molecular complexity index is 1460. The van der Waals surface area contributed by atoms with Crippen molar-refractivity contribution in [3.05, 3.63) is 96.3 Å². The number of carbonyl (C=O) groups excluding carboxylic acids is 2. The molecule has 2 heterocycles. The molecule has 35 heavy (non-hydrogen) atoms.